The van der Waals surface area contributed by atoms with Crippen LogP contribution < -0.4 is 14.8 Å². The molecule has 0 bridgehead atoms. The first-order valence-electron chi connectivity index (χ1n) is 8.00. The fourth-order valence-corrected chi connectivity index (χ4v) is 3.65. The molecule has 3 rings (SSSR count). The molecule has 27 heavy (non-hydrogen) atoms. The number of fused-ring (bicyclic) bond motifs is 1. The first-order valence-corrected chi connectivity index (χ1v) is 8.88. The lowest BCUT2D eigenvalue weighted by molar-refractivity contribution is -0.274. The van der Waals surface area contributed by atoms with Gasteiger partial charge in [-0.25, -0.2) is 8.78 Å². The Balaban J connectivity index is 1.92. The first kappa shape index (κ1) is 19.8. The maximum Gasteiger partial charge on any atom is 0.573 e. The highest BCUT2D eigenvalue weighted by Crippen LogP contribution is 2.43. The van der Waals surface area contributed by atoms with Crippen LogP contribution in [0.15, 0.2) is 35.2 Å². The standard InChI is InChI=1S/C18H17F5N2OS/c1-17(2)9-25(8-10-5-14(20)16(27-24)7-13(10)19)15-4-3-11(6-12(15)17)26-18(21,22)23/h3-7H,8-9,24H2,1-2H3. The Bertz CT molecular complexity index is 870. The molecule has 0 amide bonds. The third kappa shape index (κ3) is 4.14. The van der Waals surface area contributed by atoms with E-state index >= 15 is 0 Å². The molecular weight excluding hydrogens is 387 g/mol. The molecule has 0 atom stereocenters. The summed E-state index contributed by atoms with van der Waals surface area (Å²) in [5.41, 5.74) is 0.970. The molecule has 0 fully saturated rings. The van der Waals surface area contributed by atoms with Gasteiger partial charge in [-0.15, -0.1) is 13.2 Å². The van der Waals surface area contributed by atoms with E-state index in [1.165, 1.54) is 18.2 Å². The summed E-state index contributed by atoms with van der Waals surface area (Å²) in [7, 11) is 0. The van der Waals surface area contributed by atoms with Crippen LogP contribution in [0.5, 0.6) is 5.75 Å². The zero-order valence-electron chi connectivity index (χ0n) is 14.5. The Morgan fingerprint density at radius 1 is 1.15 bits per heavy atom. The van der Waals surface area contributed by atoms with Crippen LogP contribution in [0, 0.1) is 11.6 Å². The molecule has 1 heterocycles. The van der Waals surface area contributed by atoms with Crippen molar-refractivity contribution < 1.29 is 26.7 Å². The van der Waals surface area contributed by atoms with Crippen molar-refractivity contribution in [1.82, 2.24) is 0 Å². The van der Waals surface area contributed by atoms with Gasteiger partial charge in [-0.3, -0.25) is 5.14 Å². The summed E-state index contributed by atoms with van der Waals surface area (Å²) >= 11 is 0.621. The highest BCUT2D eigenvalue weighted by atomic mass is 32.2. The Morgan fingerprint density at radius 2 is 1.85 bits per heavy atom. The van der Waals surface area contributed by atoms with Gasteiger partial charge in [0.1, 0.15) is 17.4 Å². The highest BCUT2D eigenvalue weighted by molar-refractivity contribution is 7.97. The molecule has 0 aliphatic carbocycles. The number of ether oxygens (including phenoxy) is 1. The van der Waals surface area contributed by atoms with Crippen molar-refractivity contribution in [2.24, 2.45) is 5.14 Å². The highest BCUT2D eigenvalue weighted by Gasteiger charge is 2.37. The summed E-state index contributed by atoms with van der Waals surface area (Å²) in [6.07, 6.45) is -4.78. The van der Waals surface area contributed by atoms with Gasteiger partial charge in [-0.2, -0.15) is 0 Å². The molecule has 2 aromatic rings. The Labute approximate surface area is 157 Å². The zero-order chi connectivity index (χ0) is 20.0. The van der Waals surface area contributed by atoms with E-state index in [0.29, 0.717) is 29.7 Å². The van der Waals surface area contributed by atoms with Gasteiger partial charge in [0.2, 0.25) is 0 Å². The molecule has 0 aromatic heterocycles. The quantitative estimate of drug-likeness (QED) is 0.567. The number of rotatable bonds is 4. The zero-order valence-corrected chi connectivity index (χ0v) is 15.3. The van der Waals surface area contributed by atoms with Crippen LogP contribution in [0.2, 0.25) is 0 Å². The number of hydrogen-bond acceptors (Lipinski definition) is 4. The van der Waals surface area contributed by atoms with E-state index in [9.17, 15) is 22.0 Å². The van der Waals surface area contributed by atoms with E-state index in [0.717, 1.165) is 12.1 Å². The van der Waals surface area contributed by atoms with Gasteiger partial charge in [0.15, 0.2) is 0 Å². The minimum atomic E-state index is -4.78. The molecule has 2 aromatic carbocycles. The SMILES string of the molecule is CC1(C)CN(Cc2cc(F)c(SN)cc2F)c2ccc(OC(F)(F)F)cc21. The van der Waals surface area contributed by atoms with Crippen molar-refractivity contribution in [3.05, 3.63) is 53.1 Å². The van der Waals surface area contributed by atoms with Crippen LogP contribution in [-0.4, -0.2) is 12.9 Å². The number of nitrogens with zero attached hydrogens (tertiary/aromatic N) is 1. The predicted octanol–water partition coefficient (Wildman–Crippen LogP) is 5.13. The first-order chi connectivity index (χ1) is 12.5. The molecule has 146 valence electrons. The summed E-state index contributed by atoms with van der Waals surface area (Å²) in [6, 6.07) is 6.19. The van der Waals surface area contributed by atoms with Gasteiger partial charge >= 0.3 is 6.36 Å². The van der Waals surface area contributed by atoms with E-state index < -0.39 is 23.4 Å². The molecule has 9 heteroatoms. The molecule has 3 nitrogen and oxygen atoms in total. The van der Waals surface area contributed by atoms with E-state index in [1.807, 2.05) is 13.8 Å². The average molecular weight is 404 g/mol. The minimum Gasteiger partial charge on any atom is -0.406 e. The van der Waals surface area contributed by atoms with Crippen LogP contribution >= 0.6 is 11.9 Å². The summed E-state index contributed by atoms with van der Waals surface area (Å²) in [5, 5.41) is 5.30. The van der Waals surface area contributed by atoms with Crippen molar-refractivity contribution in [2.45, 2.75) is 37.1 Å². The molecule has 0 saturated heterocycles. The van der Waals surface area contributed by atoms with Crippen molar-refractivity contribution in [3.63, 3.8) is 0 Å². The lowest BCUT2D eigenvalue weighted by Crippen LogP contribution is -2.28. The number of nitrogens with two attached hydrogens (primary N) is 1. The van der Waals surface area contributed by atoms with Gasteiger partial charge in [0, 0.05) is 29.8 Å². The number of hydrogen-bond donors (Lipinski definition) is 1. The number of alkyl halides is 3. The molecule has 1 aliphatic rings. The largest absolute Gasteiger partial charge is 0.573 e. The molecule has 0 saturated carbocycles. The normalized spacial score (nSPS) is 15.8. The van der Waals surface area contributed by atoms with E-state index in [2.05, 4.69) is 4.74 Å². The second-order valence-corrected chi connectivity index (χ2v) is 7.63. The Morgan fingerprint density at radius 3 is 2.48 bits per heavy atom. The van der Waals surface area contributed by atoms with Gasteiger partial charge in [-0.05, 0) is 47.8 Å². The molecule has 1 aliphatic heterocycles. The van der Waals surface area contributed by atoms with Gasteiger partial charge in [0.05, 0.1) is 4.90 Å². The van der Waals surface area contributed by atoms with Crippen molar-refractivity contribution >= 4 is 17.6 Å². The Hall–Kier alpha value is -2.00. The topological polar surface area (TPSA) is 38.5 Å². The van der Waals surface area contributed by atoms with Crippen LogP contribution in [0.4, 0.5) is 27.6 Å². The minimum absolute atomic E-state index is 0.00680. The molecule has 0 unspecified atom stereocenters. The monoisotopic (exact) mass is 404 g/mol. The predicted molar refractivity (Wildman–Crippen MR) is 93.6 cm³/mol. The van der Waals surface area contributed by atoms with Crippen LogP contribution in [0.1, 0.15) is 25.0 Å². The average Bonchev–Trinajstić information content (AvgIpc) is 2.79. The third-order valence-corrected chi connectivity index (χ3v) is 5.01. The molecule has 0 spiro atoms. The van der Waals surface area contributed by atoms with Crippen molar-refractivity contribution in [3.8, 4) is 5.75 Å². The fourth-order valence-electron chi connectivity index (χ4n) is 3.31. The van der Waals surface area contributed by atoms with Crippen LogP contribution in [-0.2, 0) is 12.0 Å². The number of halogens is 5. The summed E-state index contributed by atoms with van der Waals surface area (Å²) in [4.78, 5) is 1.81. The van der Waals surface area contributed by atoms with Gasteiger partial charge in [0.25, 0.3) is 0 Å². The number of benzene rings is 2. The maximum absolute atomic E-state index is 14.3. The summed E-state index contributed by atoms with van der Waals surface area (Å²) in [5.74, 6) is -1.52. The number of anilines is 1. The van der Waals surface area contributed by atoms with Gasteiger partial charge in [-0.1, -0.05) is 13.8 Å². The molecular formula is C18H17F5N2OS. The maximum atomic E-state index is 14.3. The lowest BCUT2D eigenvalue weighted by atomic mass is 9.87. The molecule has 0 radical (unpaired) electrons. The molecule has 2 N–H and O–H groups in total. The second-order valence-electron chi connectivity index (χ2n) is 6.96. The summed E-state index contributed by atoms with van der Waals surface area (Å²) < 4.78 is 69.6. The van der Waals surface area contributed by atoms with Crippen molar-refractivity contribution in [1.29, 1.82) is 0 Å². The van der Waals surface area contributed by atoms with E-state index in [-0.39, 0.29) is 22.8 Å². The Kier molecular flexibility index (Phi) is 5.02. The lowest BCUT2D eigenvalue weighted by Gasteiger charge is -2.23. The van der Waals surface area contributed by atoms with Crippen LogP contribution in [0.25, 0.3) is 0 Å². The fraction of sp³-hybridized carbons (Fsp3) is 0.333. The van der Waals surface area contributed by atoms with Crippen molar-refractivity contribution in [2.75, 3.05) is 11.4 Å². The van der Waals surface area contributed by atoms with Gasteiger partial charge < -0.3 is 9.64 Å². The smallest absolute Gasteiger partial charge is 0.406 e. The van der Waals surface area contributed by atoms with E-state index in [4.69, 9.17) is 5.14 Å². The summed E-state index contributed by atoms with van der Waals surface area (Å²) in [6.45, 7) is 4.25. The van der Waals surface area contributed by atoms with E-state index in [1.54, 1.807) is 4.90 Å². The third-order valence-electron chi connectivity index (χ3n) is 4.45. The second kappa shape index (κ2) is 6.87. The van der Waals surface area contributed by atoms with Crippen LogP contribution in [0.3, 0.4) is 0 Å².